The Bertz CT molecular complexity index is 366. The fraction of sp³-hybridized carbons (Fsp3) is 0.286. The molecule has 0 saturated carbocycles. The maximum Gasteiger partial charge on any atom is 0.265 e. The van der Waals surface area contributed by atoms with Crippen LogP contribution in [0.2, 0.25) is 0 Å². The molecule has 0 saturated heterocycles. The first-order chi connectivity index (χ1) is 6.07. The molecule has 0 bridgehead atoms. The second-order valence-electron chi connectivity index (χ2n) is 2.29. The standard InChI is InChI=1S/C7H5ClF2INO/c8-1-3-5(6(9)10)4(11)2-12-7(3)13/h2,6H,1H2,(H,12,13). The minimum atomic E-state index is -2.66. The first-order valence-electron chi connectivity index (χ1n) is 3.32. The predicted molar refractivity (Wildman–Crippen MR) is 54.3 cm³/mol. The van der Waals surface area contributed by atoms with E-state index in [1.54, 1.807) is 22.6 Å². The molecule has 0 aliphatic carbocycles. The molecule has 1 aromatic rings. The quantitative estimate of drug-likeness (QED) is 0.660. The molecule has 1 aromatic heterocycles. The SMILES string of the molecule is O=c1[nH]cc(I)c(C(F)F)c1CCl. The lowest BCUT2D eigenvalue weighted by atomic mass is 10.2. The number of nitrogens with one attached hydrogen (secondary N) is 1. The maximum absolute atomic E-state index is 12.4. The Hall–Kier alpha value is -0.170. The molecule has 1 N–H and O–H groups in total. The van der Waals surface area contributed by atoms with E-state index < -0.39 is 12.0 Å². The topological polar surface area (TPSA) is 32.9 Å². The van der Waals surface area contributed by atoms with Crippen LogP contribution >= 0.6 is 34.2 Å². The first kappa shape index (κ1) is 10.9. The zero-order valence-electron chi connectivity index (χ0n) is 6.28. The third-order valence-corrected chi connectivity index (χ3v) is 2.70. The average molecular weight is 319 g/mol. The van der Waals surface area contributed by atoms with Crippen LogP contribution < -0.4 is 5.56 Å². The van der Waals surface area contributed by atoms with E-state index in [0.717, 1.165) is 0 Å². The number of hydrogen-bond donors (Lipinski definition) is 1. The third kappa shape index (κ3) is 2.19. The van der Waals surface area contributed by atoms with Gasteiger partial charge in [-0.2, -0.15) is 0 Å². The summed E-state index contributed by atoms with van der Waals surface area (Å²) >= 11 is 7.13. The lowest BCUT2D eigenvalue weighted by Crippen LogP contribution is -2.15. The van der Waals surface area contributed by atoms with Gasteiger partial charge >= 0.3 is 0 Å². The molecule has 2 nitrogen and oxygen atoms in total. The molecule has 0 spiro atoms. The summed E-state index contributed by atoms with van der Waals surface area (Å²) in [6, 6.07) is 0. The monoisotopic (exact) mass is 319 g/mol. The minimum absolute atomic E-state index is 0.0523. The van der Waals surface area contributed by atoms with Crippen LogP contribution in [0.25, 0.3) is 0 Å². The summed E-state index contributed by atoms with van der Waals surface area (Å²) in [4.78, 5) is 13.4. The second kappa shape index (κ2) is 4.36. The summed E-state index contributed by atoms with van der Waals surface area (Å²) < 4.78 is 25.2. The van der Waals surface area contributed by atoms with E-state index in [1.807, 2.05) is 0 Å². The lowest BCUT2D eigenvalue weighted by molar-refractivity contribution is 0.149. The molecular formula is C7H5ClF2INO. The van der Waals surface area contributed by atoms with Crippen molar-refractivity contribution in [3.8, 4) is 0 Å². The highest BCUT2D eigenvalue weighted by Gasteiger charge is 2.18. The van der Waals surface area contributed by atoms with E-state index in [-0.39, 0.29) is 17.0 Å². The number of pyridine rings is 1. The Morgan fingerprint density at radius 1 is 1.62 bits per heavy atom. The van der Waals surface area contributed by atoms with E-state index in [2.05, 4.69) is 4.98 Å². The van der Waals surface area contributed by atoms with Gasteiger partial charge in [0, 0.05) is 20.9 Å². The van der Waals surface area contributed by atoms with Gasteiger partial charge in [0.2, 0.25) is 0 Å². The maximum atomic E-state index is 12.4. The number of aromatic amines is 1. The molecule has 0 atom stereocenters. The van der Waals surface area contributed by atoms with Crippen molar-refractivity contribution in [3.05, 3.63) is 31.2 Å². The average Bonchev–Trinajstić information content (AvgIpc) is 2.07. The van der Waals surface area contributed by atoms with Gasteiger partial charge < -0.3 is 4.98 Å². The molecular weight excluding hydrogens is 314 g/mol. The van der Waals surface area contributed by atoms with Crippen molar-refractivity contribution in [2.45, 2.75) is 12.3 Å². The normalized spacial score (nSPS) is 10.8. The van der Waals surface area contributed by atoms with Gasteiger partial charge in [0.1, 0.15) is 0 Å². The molecule has 0 unspecified atom stereocenters. The molecule has 0 radical (unpaired) electrons. The van der Waals surface area contributed by atoms with Crippen LogP contribution in [-0.2, 0) is 5.88 Å². The van der Waals surface area contributed by atoms with E-state index in [0.29, 0.717) is 3.57 Å². The number of halogens is 4. The zero-order valence-corrected chi connectivity index (χ0v) is 9.20. The van der Waals surface area contributed by atoms with Crippen molar-refractivity contribution in [1.82, 2.24) is 4.98 Å². The van der Waals surface area contributed by atoms with Crippen molar-refractivity contribution in [2.75, 3.05) is 0 Å². The highest BCUT2D eigenvalue weighted by molar-refractivity contribution is 14.1. The van der Waals surface area contributed by atoms with Gasteiger partial charge in [0.15, 0.2) is 0 Å². The Balaban J connectivity index is 3.44. The van der Waals surface area contributed by atoms with Gasteiger partial charge in [-0.1, -0.05) is 0 Å². The Kier molecular flexibility index (Phi) is 3.66. The van der Waals surface area contributed by atoms with Crippen LogP contribution in [0.4, 0.5) is 8.78 Å². The number of rotatable bonds is 2. The number of hydrogen-bond acceptors (Lipinski definition) is 1. The lowest BCUT2D eigenvalue weighted by Gasteiger charge is -2.06. The number of alkyl halides is 3. The smallest absolute Gasteiger partial charge is 0.265 e. The molecule has 6 heteroatoms. The van der Waals surface area contributed by atoms with Crippen molar-refractivity contribution in [3.63, 3.8) is 0 Å². The molecule has 0 aromatic carbocycles. The van der Waals surface area contributed by atoms with Gasteiger partial charge in [-0.15, -0.1) is 11.6 Å². The predicted octanol–water partition coefficient (Wildman–Crippen LogP) is 2.66. The summed E-state index contributed by atoms with van der Waals surface area (Å²) in [6.07, 6.45) is -1.41. The molecule has 0 fully saturated rings. The van der Waals surface area contributed by atoms with E-state index >= 15 is 0 Å². The molecule has 1 rings (SSSR count). The molecule has 72 valence electrons. The van der Waals surface area contributed by atoms with Crippen molar-refractivity contribution in [1.29, 1.82) is 0 Å². The number of H-pyrrole nitrogens is 1. The summed E-state index contributed by atoms with van der Waals surface area (Å²) in [5, 5.41) is 0. The third-order valence-electron chi connectivity index (χ3n) is 1.54. The van der Waals surface area contributed by atoms with Crippen LogP contribution in [0.5, 0.6) is 0 Å². The van der Waals surface area contributed by atoms with Crippen LogP contribution in [0, 0.1) is 3.57 Å². The van der Waals surface area contributed by atoms with E-state index in [1.165, 1.54) is 6.20 Å². The minimum Gasteiger partial charge on any atom is -0.328 e. The summed E-state index contributed by atoms with van der Waals surface area (Å²) in [7, 11) is 0. The van der Waals surface area contributed by atoms with Crippen molar-refractivity contribution < 1.29 is 8.78 Å². The van der Waals surface area contributed by atoms with Gasteiger partial charge in [-0.25, -0.2) is 8.78 Å². The van der Waals surface area contributed by atoms with E-state index in [9.17, 15) is 13.6 Å². The van der Waals surface area contributed by atoms with Crippen molar-refractivity contribution in [2.24, 2.45) is 0 Å². The van der Waals surface area contributed by atoms with Crippen LogP contribution in [0.1, 0.15) is 17.6 Å². The Morgan fingerprint density at radius 2 is 2.23 bits per heavy atom. The summed E-state index contributed by atoms with van der Waals surface area (Å²) in [5.41, 5.74) is -0.867. The molecule has 0 amide bonds. The van der Waals surface area contributed by atoms with Gasteiger partial charge in [0.25, 0.3) is 12.0 Å². The first-order valence-corrected chi connectivity index (χ1v) is 4.93. The van der Waals surface area contributed by atoms with Gasteiger partial charge in [-0.05, 0) is 22.6 Å². The fourth-order valence-electron chi connectivity index (χ4n) is 0.929. The molecule has 13 heavy (non-hydrogen) atoms. The largest absolute Gasteiger partial charge is 0.328 e. The van der Waals surface area contributed by atoms with Crippen LogP contribution in [0.3, 0.4) is 0 Å². The van der Waals surface area contributed by atoms with Gasteiger partial charge in [0.05, 0.1) is 5.88 Å². The second-order valence-corrected chi connectivity index (χ2v) is 3.72. The summed E-state index contributed by atoms with van der Waals surface area (Å²) in [6.45, 7) is 0. The Morgan fingerprint density at radius 3 is 2.62 bits per heavy atom. The Labute approximate surface area is 91.4 Å². The fourth-order valence-corrected chi connectivity index (χ4v) is 1.91. The summed E-state index contributed by atoms with van der Waals surface area (Å²) in [5.74, 6) is -0.203. The molecule has 0 aliphatic rings. The highest BCUT2D eigenvalue weighted by Crippen LogP contribution is 2.26. The van der Waals surface area contributed by atoms with Crippen molar-refractivity contribution >= 4 is 34.2 Å². The van der Waals surface area contributed by atoms with Crippen LogP contribution in [0.15, 0.2) is 11.0 Å². The zero-order chi connectivity index (χ0) is 10.0. The number of aromatic nitrogens is 1. The highest BCUT2D eigenvalue weighted by atomic mass is 127. The van der Waals surface area contributed by atoms with Crippen LogP contribution in [-0.4, -0.2) is 4.98 Å². The van der Waals surface area contributed by atoms with E-state index in [4.69, 9.17) is 11.6 Å². The van der Waals surface area contributed by atoms with Gasteiger partial charge in [-0.3, -0.25) is 4.79 Å². The molecule has 0 aliphatic heterocycles. The molecule has 1 heterocycles.